The molecular weight excluding hydrogens is 388 g/mol. The Bertz CT molecular complexity index is 857. The summed E-state index contributed by atoms with van der Waals surface area (Å²) in [5, 5.41) is 4.83. The average molecular weight is 425 g/mol. The zero-order chi connectivity index (χ0) is 21.8. The summed E-state index contributed by atoms with van der Waals surface area (Å²) in [6.07, 6.45) is 8.60. The number of benzene rings is 1. The molecular formula is C26H36N2O3. The normalized spacial score (nSPS) is 41.5. The van der Waals surface area contributed by atoms with Crippen LogP contribution < -0.4 is 10.4 Å². The van der Waals surface area contributed by atoms with Crippen LogP contribution in [0.25, 0.3) is 0 Å². The number of amides is 2. The lowest BCUT2D eigenvalue weighted by Crippen LogP contribution is -2.61. The summed E-state index contributed by atoms with van der Waals surface area (Å²) in [7, 11) is 0. The van der Waals surface area contributed by atoms with Crippen LogP contribution in [0.1, 0.15) is 72.1 Å². The van der Waals surface area contributed by atoms with Crippen LogP contribution in [0.15, 0.2) is 30.3 Å². The van der Waals surface area contributed by atoms with E-state index in [9.17, 15) is 9.59 Å². The molecule has 0 aromatic heterocycles. The lowest BCUT2D eigenvalue weighted by atomic mass is 9.47. The van der Waals surface area contributed by atoms with E-state index >= 15 is 0 Å². The zero-order valence-corrected chi connectivity index (χ0v) is 19.1. The molecule has 1 saturated heterocycles. The van der Waals surface area contributed by atoms with Gasteiger partial charge in [-0.3, -0.25) is 14.4 Å². The maximum Gasteiger partial charge on any atom is 0.247 e. The molecule has 5 nitrogen and oxygen atoms in total. The maximum atomic E-state index is 12.4. The first-order valence-electron chi connectivity index (χ1n) is 12.1. The van der Waals surface area contributed by atoms with E-state index in [0.29, 0.717) is 30.2 Å². The lowest BCUT2D eigenvalue weighted by molar-refractivity contribution is -0.146. The summed E-state index contributed by atoms with van der Waals surface area (Å²) in [6, 6.07) is 10.1. The van der Waals surface area contributed by atoms with Crippen LogP contribution >= 0.6 is 0 Å². The van der Waals surface area contributed by atoms with Crippen molar-refractivity contribution in [2.45, 2.75) is 84.3 Å². The Morgan fingerprint density at radius 2 is 1.74 bits per heavy atom. The Morgan fingerprint density at radius 3 is 2.48 bits per heavy atom. The van der Waals surface area contributed by atoms with Gasteiger partial charge in [-0.25, -0.2) is 0 Å². The molecule has 4 aliphatic rings. The van der Waals surface area contributed by atoms with Gasteiger partial charge in [0.2, 0.25) is 11.8 Å². The molecule has 168 valence electrons. The van der Waals surface area contributed by atoms with Crippen LogP contribution in [0, 0.1) is 28.6 Å². The fourth-order valence-electron chi connectivity index (χ4n) is 7.83. The molecule has 0 bridgehead atoms. The van der Waals surface area contributed by atoms with Gasteiger partial charge in [-0.2, -0.15) is 5.06 Å². The van der Waals surface area contributed by atoms with Gasteiger partial charge in [-0.05, 0) is 85.7 Å². The number of anilines is 1. The quantitative estimate of drug-likeness (QED) is 0.705. The van der Waals surface area contributed by atoms with Crippen LogP contribution in [0.2, 0.25) is 0 Å². The molecule has 4 fully saturated rings. The van der Waals surface area contributed by atoms with Crippen molar-refractivity contribution >= 4 is 17.5 Å². The van der Waals surface area contributed by atoms with Crippen molar-refractivity contribution < 1.29 is 14.4 Å². The van der Waals surface area contributed by atoms with Gasteiger partial charge in [-0.1, -0.05) is 32.0 Å². The number of carbonyl (C=O) groups is 2. The van der Waals surface area contributed by atoms with E-state index in [-0.39, 0.29) is 28.7 Å². The molecule has 1 N–H and O–H groups in total. The van der Waals surface area contributed by atoms with Crippen molar-refractivity contribution in [2.24, 2.45) is 28.6 Å². The minimum atomic E-state index is -0.0714. The molecule has 3 saturated carbocycles. The number of hydrogen-bond donors (Lipinski definition) is 1. The van der Waals surface area contributed by atoms with Crippen molar-refractivity contribution in [3.05, 3.63) is 30.3 Å². The van der Waals surface area contributed by atoms with E-state index < -0.39 is 0 Å². The van der Waals surface area contributed by atoms with Gasteiger partial charge < -0.3 is 5.32 Å². The third kappa shape index (κ3) is 3.31. The molecule has 1 heterocycles. The highest BCUT2D eigenvalue weighted by Gasteiger charge is 2.61. The molecule has 3 unspecified atom stereocenters. The molecule has 1 aromatic carbocycles. The summed E-state index contributed by atoms with van der Waals surface area (Å²) in [6.45, 7) is 6.43. The Labute approximate surface area is 185 Å². The number of nitrogens with one attached hydrogen (secondary N) is 1. The molecule has 1 aliphatic heterocycles. The van der Waals surface area contributed by atoms with Gasteiger partial charge in [0.1, 0.15) is 0 Å². The van der Waals surface area contributed by atoms with E-state index in [2.05, 4.69) is 19.2 Å². The fraction of sp³-hybridized carbons (Fsp3) is 0.692. The van der Waals surface area contributed by atoms with Crippen molar-refractivity contribution in [3.63, 3.8) is 0 Å². The van der Waals surface area contributed by atoms with Crippen molar-refractivity contribution in [1.82, 2.24) is 5.32 Å². The molecule has 31 heavy (non-hydrogen) atoms. The number of rotatable bonds is 3. The summed E-state index contributed by atoms with van der Waals surface area (Å²) >= 11 is 0. The first kappa shape index (κ1) is 21.0. The highest BCUT2D eigenvalue weighted by atomic mass is 16.7. The summed E-state index contributed by atoms with van der Waals surface area (Å²) in [5.41, 5.74) is 1.14. The molecule has 0 spiro atoms. The summed E-state index contributed by atoms with van der Waals surface area (Å²) in [5.74, 6) is 2.18. The first-order valence-corrected chi connectivity index (χ1v) is 12.1. The number of hydroxylamine groups is 1. The minimum Gasteiger partial charge on any atom is -0.353 e. The van der Waals surface area contributed by atoms with Gasteiger partial charge in [0.25, 0.3) is 0 Å². The highest BCUT2D eigenvalue weighted by Crippen LogP contribution is 2.64. The SMILES string of the molecule is CC(=O)N(O[C@H]1CCC2C3CC[C@H]4NC(=O)CC[C@]4(C)C3CC[C@@]21C)c1ccccc1. The third-order valence-corrected chi connectivity index (χ3v) is 9.52. The average Bonchev–Trinajstić information content (AvgIpc) is 3.09. The van der Waals surface area contributed by atoms with Crippen LogP contribution in [-0.2, 0) is 14.4 Å². The number of carbonyl (C=O) groups excluding carboxylic acids is 2. The van der Waals surface area contributed by atoms with Gasteiger partial charge >= 0.3 is 0 Å². The second kappa shape index (κ2) is 7.61. The standard InChI is InChI=1S/C26H36N2O3/c1-17(29)28(18-7-5-4-6-8-18)31-23-12-10-20-19-9-11-22-25(2,16-14-24(30)27-22)21(19)13-15-26(20,23)3/h4-8,19-23H,9-16H2,1-3H3,(H,27,30)/t19?,20?,21?,22-,23+,25-,26+/m1/s1. The van der Waals surface area contributed by atoms with Gasteiger partial charge in [0, 0.05) is 19.4 Å². The Kier molecular flexibility index (Phi) is 5.16. The monoisotopic (exact) mass is 424 g/mol. The van der Waals surface area contributed by atoms with E-state index in [1.165, 1.54) is 24.3 Å². The molecule has 7 atom stereocenters. The number of para-hydroxylation sites is 1. The fourth-order valence-corrected chi connectivity index (χ4v) is 7.83. The molecule has 1 aromatic rings. The van der Waals surface area contributed by atoms with E-state index in [1.807, 2.05) is 30.3 Å². The molecule has 2 amide bonds. The van der Waals surface area contributed by atoms with E-state index in [4.69, 9.17) is 4.84 Å². The van der Waals surface area contributed by atoms with Gasteiger partial charge in [-0.15, -0.1) is 0 Å². The summed E-state index contributed by atoms with van der Waals surface area (Å²) in [4.78, 5) is 30.9. The predicted molar refractivity (Wildman–Crippen MR) is 120 cm³/mol. The van der Waals surface area contributed by atoms with E-state index in [0.717, 1.165) is 31.4 Å². The molecule has 3 aliphatic carbocycles. The second-order valence-electron chi connectivity index (χ2n) is 10.9. The Balaban J connectivity index is 1.36. The Morgan fingerprint density at radius 1 is 1.00 bits per heavy atom. The number of fused-ring (bicyclic) bond motifs is 5. The van der Waals surface area contributed by atoms with Crippen LogP contribution in [0.5, 0.6) is 0 Å². The third-order valence-electron chi connectivity index (χ3n) is 9.52. The molecule has 5 heteroatoms. The Hall–Kier alpha value is -1.88. The van der Waals surface area contributed by atoms with Crippen LogP contribution in [-0.4, -0.2) is 24.0 Å². The maximum absolute atomic E-state index is 12.4. The number of nitrogens with zero attached hydrogens (tertiary/aromatic N) is 1. The van der Waals surface area contributed by atoms with Crippen molar-refractivity contribution in [1.29, 1.82) is 0 Å². The van der Waals surface area contributed by atoms with Crippen molar-refractivity contribution in [3.8, 4) is 0 Å². The molecule has 5 rings (SSSR count). The van der Waals surface area contributed by atoms with Gasteiger partial charge in [0.15, 0.2) is 0 Å². The first-order chi connectivity index (χ1) is 14.8. The smallest absolute Gasteiger partial charge is 0.247 e. The predicted octanol–water partition coefficient (Wildman–Crippen LogP) is 4.86. The van der Waals surface area contributed by atoms with Crippen LogP contribution in [0.3, 0.4) is 0 Å². The largest absolute Gasteiger partial charge is 0.353 e. The number of hydrogen-bond acceptors (Lipinski definition) is 3. The summed E-state index contributed by atoms with van der Waals surface area (Å²) < 4.78 is 0. The van der Waals surface area contributed by atoms with E-state index in [1.54, 1.807) is 6.92 Å². The number of piperidine rings is 1. The highest BCUT2D eigenvalue weighted by molar-refractivity contribution is 5.89. The van der Waals surface area contributed by atoms with Gasteiger partial charge in [0.05, 0.1) is 11.8 Å². The van der Waals surface area contributed by atoms with Crippen LogP contribution in [0.4, 0.5) is 5.69 Å². The second-order valence-corrected chi connectivity index (χ2v) is 10.9. The lowest BCUT2D eigenvalue weighted by Gasteiger charge is -2.60. The zero-order valence-electron chi connectivity index (χ0n) is 19.1. The minimum absolute atomic E-state index is 0.0687. The topological polar surface area (TPSA) is 58.6 Å². The van der Waals surface area contributed by atoms with Crippen molar-refractivity contribution in [2.75, 3.05) is 5.06 Å². The molecule has 0 radical (unpaired) electrons.